The molecule has 1 aromatic heterocycles. The quantitative estimate of drug-likeness (QED) is 0.642. The molecule has 1 saturated carbocycles. The molecule has 1 spiro atoms. The smallest absolute Gasteiger partial charge is 0.110 e. The average Bonchev–Trinajstić information content (AvgIpc) is 2.92. The predicted molar refractivity (Wildman–Crippen MR) is 65.0 cm³/mol. The molecule has 1 aliphatic heterocycles. The Bertz CT molecular complexity index is 489. The lowest BCUT2D eigenvalue weighted by Crippen LogP contribution is -2.51. The number of epoxide rings is 1. The van der Waals surface area contributed by atoms with Crippen molar-refractivity contribution >= 4 is 0 Å². The summed E-state index contributed by atoms with van der Waals surface area (Å²) in [5, 5.41) is 0. The van der Waals surface area contributed by atoms with Crippen LogP contribution in [0.15, 0.2) is 10.7 Å². The third kappa shape index (κ3) is 1.02. The van der Waals surface area contributed by atoms with Crippen LogP contribution in [0.5, 0.6) is 0 Å². The van der Waals surface area contributed by atoms with Crippen LogP contribution in [0.3, 0.4) is 0 Å². The van der Waals surface area contributed by atoms with Gasteiger partial charge in [-0.1, -0.05) is 13.8 Å². The summed E-state index contributed by atoms with van der Waals surface area (Å²) in [7, 11) is 0. The van der Waals surface area contributed by atoms with E-state index in [1.54, 1.807) is 0 Å². The minimum Gasteiger partial charge on any atom is -0.469 e. The number of rotatable bonds is 0. The molecule has 4 atom stereocenters. The normalized spacial score (nSPS) is 47.0. The number of fused-ring (bicyclic) bond motifs is 1. The lowest BCUT2D eigenvalue weighted by molar-refractivity contribution is 0.0371. The van der Waals surface area contributed by atoms with Crippen LogP contribution in [0.4, 0.5) is 0 Å². The highest BCUT2D eigenvalue weighted by Crippen LogP contribution is 2.65. The zero-order valence-corrected chi connectivity index (χ0v) is 10.9. The van der Waals surface area contributed by atoms with E-state index in [4.69, 9.17) is 9.15 Å². The average molecular weight is 232 g/mol. The van der Waals surface area contributed by atoms with Crippen molar-refractivity contribution in [3.05, 3.63) is 23.2 Å². The third-order valence-electron chi connectivity index (χ3n) is 5.89. The summed E-state index contributed by atoms with van der Waals surface area (Å²) in [5.74, 6) is 1.94. The summed E-state index contributed by atoms with van der Waals surface area (Å²) in [6, 6.07) is 0. The Morgan fingerprint density at radius 3 is 2.94 bits per heavy atom. The number of hydrogen-bond donors (Lipinski definition) is 0. The van der Waals surface area contributed by atoms with E-state index in [0.29, 0.717) is 11.5 Å². The highest BCUT2D eigenvalue weighted by Gasteiger charge is 2.71. The van der Waals surface area contributed by atoms with Gasteiger partial charge in [0.1, 0.15) is 11.4 Å². The van der Waals surface area contributed by atoms with E-state index in [-0.39, 0.29) is 5.60 Å². The van der Waals surface area contributed by atoms with Crippen molar-refractivity contribution in [1.29, 1.82) is 0 Å². The van der Waals surface area contributed by atoms with Gasteiger partial charge in [0.25, 0.3) is 0 Å². The second-order valence-electron chi connectivity index (χ2n) is 6.57. The van der Waals surface area contributed by atoms with Gasteiger partial charge in [0, 0.05) is 11.8 Å². The molecule has 1 saturated heterocycles. The molecule has 1 aromatic rings. The highest BCUT2D eigenvalue weighted by molar-refractivity contribution is 5.38. The number of furan rings is 1. The van der Waals surface area contributed by atoms with Crippen LogP contribution in [-0.4, -0.2) is 11.7 Å². The molecule has 2 heteroatoms. The predicted octanol–water partition coefficient (Wildman–Crippen LogP) is 3.26. The van der Waals surface area contributed by atoms with Gasteiger partial charge in [-0.25, -0.2) is 0 Å². The van der Waals surface area contributed by atoms with Crippen molar-refractivity contribution in [3.63, 3.8) is 0 Å². The molecule has 4 unspecified atom stereocenters. The lowest BCUT2D eigenvalue weighted by Gasteiger charge is -2.46. The molecule has 2 fully saturated rings. The SMILES string of the molecule is Cc1coc2c1CC1(C)C(C)CCC3OC31C2. The van der Waals surface area contributed by atoms with Crippen molar-refractivity contribution in [3.8, 4) is 0 Å². The molecule has 0 radical (unpaired) electrons. The van der Waals surface area contributed by atoms with E-state index in [2.05, 4.69) is 20.8 Å². The van der Waals surface area contributed by atoms with Gasteiger partial charge in [-0.05, 0) is 43.2 Å². The van der Waals surface area contributed by atoms with Crippen LogP contribution in [0, 0.1) is 18.3 Å². The zero-order chi connectivity index (χ0) is 11.8. The summed E-state index contributed by atoms with van der Waals surface area (Å²) < 4.78 is 11.9. The van der Waals surface area contributed by atoms with Crippen molar-refractivity contribution in [2.45, 2.75) is 58.2 Å². The van der Waals surface area contributed by atoms with Crippen LogP contribution in [0.1, 0.15) is 43.6 Å². The van der Waals surface area contributed by atoms with Crippen LogP contribution >= 0.6 is 0 Å². The molecule has 4 rings (SSSR count). The van der Waals surface area contributed by atoms with Gasteiger partial charge in [-0.15, -0.1) is 0 Å². The number of aryl methyl sites for hydroxylation is 1. The zero-order valence-electron chi connectivity index (χ0n) is 10.9. The molecule has 0 aromatic carbocycles. The van der Waals surface area contributed by atoms with Crippen LogP contribution in [0.25, 0.3) is 0 Å². The van der Waals surface area contributed by atoms with Gasteiger partial charge in [-0.2, -0.15) is 0 Å². The Morgan fingerprint density at radius 1 is 1.29 bits per heavy atom. The van der Waals surface area contributed by atoms with Crippen molar-refractivity contribution in [2.24, 2.45) is 11.3 Å². The van der Waals surface area contributed by atoms with Crippen molar-refractivity contribution in [2.75, 3.05) is 0 Å². The standard InChI is InChI=1S/C15H20O2/c1-9-8-16-12-7-15-13(17-15)5-4-10(2)14(15,3)6-11(9)12/h8,10,13H,4-7H2,1-3H3. The maximum absolute atomic E-state index is 6.15. The van der Waals surface area contributed by atoms with E-state index in [0.717, 1.165) is 18.8 Å². The van der Waals surface area contributed by atoms with Crippen LogP contribution in [-0.2, 0) is 17.6 Å². The van der Waals surface area contributed by atoms with E-state index >= 15 is 0 Å². The molecule has 2 nitrogen and oxygen atoms in total. The first-order valence-corrected chi connectivity index (χ1v) is 6.80. The van der Waals surface area contributed by atoms with Crippen molar-refractivity contribution in [1.82, 2.24) is 0 Å². The molecule has 17 heavy (non-hydrogen) atoms. The fraction of sp³-hybridized carbons (Fsp3) is 0.733. The summed E-state index contributed by atoms with van der Waals surface area (Å²) in [6.45, 7) is 7.01. The van der Waals surface area contributed by atoms with Gasteiger partial charge in [0.05, 0.1) is 12.4 Å². The van der Waals surface area contributed by atoms with E-state index in [1.807, 2.05) is 6.26 Å². The van der Waals surface area contributed by atoms with Gasteiger partial charge in [0.2, 0.25) is 0 Å². The molecule has 0 amide bonds. The monoisotopic (exact) mass is 232 g/mol. The van der Waals surface area contributed by atoms with Gasteiger partial charge >= 0.3 is 0 Å². The largest absolute Gasteiger partial charge is 0.469 e. The molecule has 2 aliphatic carbocycles. The Morgan fingerprint density at radius 2 is 2.12 bits per heavy atom. The first kappa shape index (κ1) is 10.2. The summed E-state index contributed by atoms with van der Waals surface area (Å²) in [4.78, 5) is 0. The Kier molecular flexibility index (Phi) is 1.68. The Balaban J connectivity index is 1.85. The second-order valence-corrected chi connectivity index (χ2v) is 6.57. The summed E-state index contributed by atoms with van der Waals surface area (Å²) in [5.41, 5.74) is 3.21. The lowest BCUT2D eigenvalue weighted by atomic mass is 9.55. The third-order valence-corrected chi connectivity index (χ3v) is 5.89. The molecular weight excluding hydrogens is 212 g/mol. The second kappa shape index (κ2) is 2.80. The molecule has 3 aliphatic rings. The molecule has 92 valence electrons. The fourth-order valence-corrected chi connectivity index (χ4v) is 4.35. The summed E-state index contributed by atoms with van der Waals surface area (Å²) in [6.07, 6.45) is 7.12. The van der Waals surface area contributed by atoms with E-state index < -0.39 is 0 Å². The molecule has 2 heterocycles. The van der Waals surface area contributed by atoms with Gasteiger partial charge < -0.3 is 9.15 Å². The maximum Gasteiger partial charge on any atom is 0.110 e. The maximum atomic E-state index is 6.15. The molecule has 0 bridgehead atoms. The van der Waals surface area contributed by atoms with Crippen molar-refractivity contribution < 1.29 is 9.15 Å². The van der Waals surface area contributed by atoms with E-state index in [9.17, 15) is 0 Å². The van der Waals surface area contributed by atoms with E-state index in [1.165, 1.54) is 29.7 Å². The number of ether oxygens (including phenoxy) is 1. The summed E-state index contributed by atoms with van der Waals surface area (Å²) >= 11 is 0. The van der Waals surface area contributed by atoms with Gasteiger partial charge in [0.15, 0.2) is 0 Å². The fourth-order valence-electron chi connectivity index (χ4n) is 4.35. The Hall–Kier alpha value is -0.760. The van der Waals surface area contributed by atoms with Crippen LogP contribution < -0.4 is 0 Å². The van der Waals surface area contributed by atoms with Crippen LogP contribution in [0.2, 0.25) is 0 Å². The minimum atomic E-state index is 0.113. The number of hydrogen-bond acceptors (Lipinski definition) is 2. The first-order valence-electron chi connectivity index (χ1n) is 6.80. The Labute approximate surface area is 102 Å². The van der Waals surface area contributed by atoms with Gasteiger partial charge in [-0.3, -0.25) is 0 Å². The first-order chi connectivity index (χ1) is 8.07. The minimum absolute atomic E-state index is 0.113. The highest BCUT2D eigenvalue weighted by atomic mass is 16.6. The topological polar surface area (TPSA) is 25.7 Å². The molecule has 0 N–H and O–H groups in total. The molecular formula is C15H20O2.